The Morgan fingerprint density at radius 2 is 1.94 bits per heavy atom. The van der Waals surface area contributed by atoms with E-state index in [2.05, 4.69) is 36.2 Å². The maximum Gasteiger partial charge on any atom is 0.234 e. The van der Waals surface area contributed by atoms with Gasteiger partial charge in [-0.3, -0.25) is 9.69 Å². The van der Waals surface area contributed by atoms with Gasteiger partial charge in [0.25, 0.3) is 0 Å². The Bertz CT molecular complexity index is 324. The first-order valence-corrected chi connectivity index (χ1v) is 6.29. The lowest BCUT2D eigenvalue weighted by atomic mass is 10.2. The fourth-order valence-corrected chi connectivity index (χ4v) is 1.64. The molecule has 0 bridgehead atoms. The molecule has 0 fully saturated rings. The highest BCUT2D eigenvalue weighted by molar-refractivity contribution is 5.77. The van der Waals surface area contributed by atoms with Gasteiger partial charge in [0.05, 0.1) is 6.54 Å². The lowest BCUT2D eigenvalue weighted by Crippen LogP contribution is -2.37. The molecule has 0 saturated heterocycles. The summed E-state index contributed by atoms with van der Waals surface area (Å²) >= 11 is 0. The third-order valence-corrected chi connectivity index (χ3v) is 2.64. The Labute approximate surface area is 104 Å². The first-order valence-electron chi connectivity index (χ1n) is 6.29. The molecule has 0 radical (unpaired) electrons. The molecule has 0 aliphatic heterocycles. The second kappa shape index (κ2) is 7.85. The fraction of sp³-hybridized carbons (Fsp3) is 0.500. The summed E-state index contributed by atoms with van der Waals surface area (Å²) in [6.45, 7) is 7.09. The van der Waals surface area contributed by atoms with E-state index in [1.54, 1.807) is 0 Å². The van der Waals surface area contributed by atoms with Gasteiger partial charge in [-0.15, -0.1) is 0 Å². The average molecular weight is 234 g/mol. The third kappa shape index (κ3) is 5.50. The molecule has 0 saturated carbocycles. The molecular formula is C14H22N2O. The van der Waals surface area contributed by atoms with Crippen molar-refractivity contribution in [3.05, 3.63) is 35.9 Å². The maximum atomic E-state index is 11.6. The predicted molar refractivity (Wildman–Crippen MR) is 70.7 cm³/mol. The molecule has 1 aromatic rings. The van der Waals surface area contributed by atoms with Crippen LogP contribution < -0.4 is 5.32 Å². The van der Waals surface area contributed by atoms with Gasteiger partial charge in [0, 0.05) is 13.1 Å². The van der Waals surface area contributed by atoms with E-state index < -0.39 is 0 Å². The lowest BCUT2D eigenvalue weighted by molar-refractivity contribution is -0.122. The van der Waals surface area contributed by atoms with Crippen molar-refractivity contribution in [1.29, 1.82) is 0 Å². The number of amides is 1. The topological polar surface area (TPSA) is 32.3 Å². The van der Waals surface area contributed by atoms with Gasteiger partial charge in [-0.25, -0.2) is 0 Å². The van der Waals surface area contributed by atoms with Gasteiger partial charge in [-0.2, -0.15) is 0 Å². The highest BCUT2D eigenvalue weighted by Crippen LogP contribution is 2.03. The molecule has 1 N–H and O–H groups in total. The quantitative estimate of drug-likeness (QED) is 0.783. The molecule has 0 aliphatic rings. The van der Waals surface area contributed by atoms with Crippen molar-refractivity contribution in [2.24, 2.45) is 0 Å². The Morgan fingerprint density at radius 3 is 2.53 bits per heavy atom. The monoisotopic (exact) mass is 234 g/mol. The number of hydrogen-bond acceptors (Lipinski definition) is 2. The van der Waals surface area contributed by atoms with Crippen molar-refractivity contribution in [3.8, 4) is 0 Å². The SMILES string of the molecule is CCCNC(=O)CN(CC)Cc1ccccc1. The predicted octanol–water partition coefficient (Wildman–Crippen LogP) is 2.03. The molecule has 0 aromatic heterocycles. The van der Waals surface area contributed by atoms with Crippen LogP contribution in [0.15, 0.2) is 30.3 Å². The van der Waals surface area contributed by atoms with Crippen molar-refractivity contribution < 1.29 is 4.79 Å². The van der Waals surface area contributed by atoms with Crippen LogP contribution in [0.1, 0.15) is 25.8 Å². The summed E-state index contributed by atoms with van der Waals surface area (Å²) in [6.07, 6.45) is 0.983. The Morgan fingerprint density at radius 1 is 1.24 bits per heavy atom. The largest absolute Gasteiger partial charge is 0.355 e. The smallest absolute Gasteiger partial charge is 0.234 e. The van der Waals surface area contributed by atoms with Crippen molar-refractivity contribution in [2.75, 3.05) is 19.6 Å². The molecule has 3 heteroatoms. The summed E-state index contributed by atoms with van der Waals surface area (Å²) in [7, 11) is 0. The van der Waals surface area contributed by atoms with Gasteiger partial charge in [0.15, 0.2) is 0 Å². The molecule has 3 nitrogen and oxygen atoms in total. The number of likely N-dealkylation sites (N-methyl/N-ethyl adjacent to an activating group) is 1. The molecule has 17 heavy (non-hydrogen) atoms. The molecule has 1 aromatic carbocycles. The van der Waals surface area contributed by atoms with Gasteiger partial charge in [-0.05, 0) is 18.5 Å². The molecule has 1 amide bonds. The number of hydrogen-bond donors (Lipinski definition) is 1. The highest BCUT2D eigenvalue weighted by Gasteiger charge is 2.08. The molecule has 0 spiro atoms. The highest BCUT2D eigenvalue weighted by atomic mass is 16.2. The summed E-state index contributed by atoms with van der Waals surface area (Å²) in [4.78, 5) is 13.7. The van der Waals surface area contributed by atoms with Crippen LogP contribution in [0.4, 0.5) is 0 Å². The van der Waals surface area contributed by atoms with Crippen molar-refractivity contribution in [3.63, 3.8) is 0 Å². The van der Waals surface area contributed by atoms with Crippen LogP contribution in [-0.2, 0) is 11.3 Å². The summed E-state index contributed by atoms with van der Waals surface area (Å²) in [5, 5.41) is 2.90. The normalized spacial score (nSPS) is 10.5. The fourth-order valence-electron chi connectivity index (χ4n) is 1.64. The second-order valence-electron chi connectivity index (χ2n) is 4.14. The summed E-state index contributed by atoms with van der Waals surface area (Å²) in [5.74, 6) is 0.115. The minimum atomic E-state index is 0.115. The van der Waals surface area contributed by atoms with Gasteiger partial charge in [-0.1, -0.05) is 44.2 Å². The molecule has 0 heterocycles. The van der Waals surface area contributed by atoms with Crippen molar-refractivity contribution in [2.45, 2.75) is 26.8 Å². The molecular weight excluding hydrogens is 212 g/mol. The van der Waals surface area contributed by atoms with E-state index in [0.29, 0.717) is 6.54 Å². The second-order valence-corrected chi connectivity index (χ2v) is 4.14. The molecule has 0 atom stereocenters. The zero-order chi connectivity index (χ0) is 12.5. The van der Waals surface area contributed by atoms with Crippen molar-refractivity contribution >= 4 is 5.91 Å². The zero-order valence-electron chi connectivity index (χ0n) is 10.8. The van der Waals surface area contributed by atoms with Gasteiger partial charge in [0.1, 0.15) is 0 Å². The van der Waals surface area contributed by atoms with E-state index in [1.807, 2.05) is 18.2 Å². The number of carbonyl (C=O) groups is 1. The van der Waals surface area contributed by atoms with E-state index >= 15 is 0 Å². The first-order chi connectivity index (χ1) is 8.26. The van der Waals surface area contributed by atoms with E-state index in [-0.39, 0.29) is 5.91 Å². The number of nitrogens with zero attached hydrogens (tertiary/aromatic N) is 1. The van der Waals surface area contributed by atoms with Crippen LogP contribution in [0.25, 0.3) is 0 Å². The number of rotatable bonds is 7. The summed E-state index contributed by atoms with van der Waals surface area (Å²) < 4.78 is 0. The Hall–Kier alpha value is -1.35. The number of carbonyl (C=O) groups excluding carboxylic acids is 1. The van der Waals surface area contributed by atoms with Crippen LogP contribution in [-0.4, -0.2) is 30.4 Å². The standard InChI is InChI=1S/C14H22N2O/c1-3-10-15-14(17)12-16(4-2)11-13-8-6-5-7-9-13/h5-9H,3-4,10-12H2,1-2H3,(H,15,17). The molecule has 1 rings (SSSR count). The Balaban J connectivity index is 2.41. The molecule has 0 aliphatic carbocycles. The van der Waals surface area contributed by atoms with Crippen molar-refractivity contribution in [1.82, 2.24) is 10.2 Å². The lowest BCUT2D eigenvalue weighted by Gasteiger charge is -2.19. The Kier molecular flexibility index (Phi) is 6.33. The maximum absolute atomic E-state index is 11.6. The molecule has 94 valence electrons. The average Bonchev–Trinajstić information content (AvgIpc) is 2.36. The van der Waals surface area contributed by atoms with Gasteiger partial charge in [0.2, 0.25) is 5.91 Å². The van der Waals surface area contributed by atoms with Gasteiger partial charge >= 0.3 is 0 Å². The number of benzene rings is 1. The van der Waals surface area contributed by atoms with E-state index in [4.69, 9.17) is 0 Å². The zero-order valence-corrected chi connectivity index (χ0v) is 10.8. The molecule has 0 unspecified atom stereocenters. The third-order valence-electron chi connectivity index (χ3n) is 2.64. The minimum absolute atomic E-state index is 0.115. The summed E-state index contributed by atoms with van der Waals surface area (Å²) in [6, 6.07) is 10.2. The van der Waals surface area contributed by atoms with Crippen LogP contribution in [0.2, 0.25) is 0 Å². The van der Waals surface area contributed by atoms with Crippen LogP contribution in [0, 0.1) is 0 Å². The van der Waals surface area contributed by atoms with Crippen LogP contribution >= 0.6 is 0 Å². The van der Waals surface area contributed by atoms with Gasteiger partial charge < -0.3 is 5.32 Å². The van der Waals surface area contributed by atoms with Crippen LogP contribution in [0.3, 0.4) is 0 Å². The first kappa shape index (κ1) is 13.7. The number of nitrogens with one attached hydrogen (secondary N) is 1. The van der Waals surface area contributed by atoms with E-state index in [9.17, 15) is 4.79 Å². The minimum Gasteiger partial charge on any atom is -0.355 e. The van der Waals surface area contributed by atoms with E-state index in [0.717, 1.165) is 26.1 Å². The van der Waals surface area contributed by atoms with E-state index in [1.165, 1.54) is 5.56 Å². The van der Waals surface area contributed by atoms with Crippen LogP contribution in [0.5, 0.6) is 0 Å². The summed E-state index contributed by atoms with van der Waals surface area (Å²) in [5.41, 5.74) is 1.25.